The molecule has 0 aliphatic heterocycles. The van der Waals surface area contributed by atoms with Crippen LogP contribution in [0.25, 0.3) is 0 Å². The SMILES string of the molecule is CCCCS(=O)C(C)C(=O)CC. The first-order valence-electron chi connectivity index (χ1n) is 4.53. The molecule has 2 atom stereocenters. The molecule has 0 N–H and O–H groups in total. The lowest BCUT2D eigenvalue weighted by Crippen LogP contribution is -2.23. The second-order valence-electron chi connectivity index (χ2n) is 2.90. The quantitative estimate of drug-likeness (QED) is 0.641. The summed E-state index contributed by atoms with van der Waals surface area (Å²) in [6, 6.07) is 0. The van der Waals surface area contributed by atoms with Gasteiger partial charge in [0, 0.05) is 23.0 Å². The van der Waals surface area contributed by atoms with Crippen LogP contribution in [0.2, 0.25) is 0 Å². The standard InChI is InChI=1S/C9H18O2S/c1-4-6-7-12(11)8(3)9(10)5-2/h8H,4-7H2,1-3H3. The summed E-state index contributed by atoms with van der Waals surface area (Å²) in [5.41, 5.74) is 0. The Kier molecular flexibility index (Phi) is 6.25. The number of ketones is 1. The summed E-state index contributed by atoms with van der Waals surface area (Å²) in [5, 5.41) is -0.262. The van der Waals surface area contributed by atoms with E-state index >= 15 is 0 Å². The van der Waals surface area contributed by atoms with E-state index in [1.165, 1.54) is 0 Å². The Morgan fingerprint density at radius 1 is 1.42 bits per heavy atom. The molecule has 72 valence electrons. The highest BCUT2D eigenvalue weighted by atomic mass is 32.2. The van der Waals surface area contributed by atoms with E-state index in [9.17, 15) is 9.00 Å². The van der Waals surface area contributed by atoms with Crippen LogP contribution in [0.4, 0.5) is 0 Å². The molecule has 0 amide bonds. The average Bonchev–Trinajstić information content (AvgIpc) is 2.11. The minimum Gasteiger partial charge on any atom is -0.298 e. The fraction of sp³-hybridized carbons (Fsp3) is 0.889. The third kappa shape index (κ3) is 4.00. The van der Waals surface area contributed by atoms with Gasteiger partial charge in [0.2, 0.25) is 0 Å². The molecule has 3 heteroatoms. The molecule has 0 aliphatic rings. The molecule has 0 aliphatic carbocycles. The first-order chi connectivity index (χ1) is 5.63. The molecule has 0 spiro atoms. The molecule has 0 saturated heterocycles. The highest BCUT2D eigenvalue weighted by Gasteiger charge is 2.16. The maximum Gasteiger partial charge on any atom is 0.147 e. The number of rotatable bonds is 6. The van der Waals surface area contributed by atoms with E-state index in [-0.39, 0.29) is 11.0 Å². The minimum atomic E-state index is -0.944. The first kappa shape index (κ1) is 11.8. The summed E-state index contributed by atoms with van der Waals surface area (Å²) in [4.78, 5) is 11.1. The summed E-state index contributed by atoms with van der Waals surface area (Å²) in [6.45, 7) is 5.64. The summed E-state index contributed by atoms with van der Waals surface area (Å²) in [6.07, 6.45) is 2.49. The zero-order valence-corrected chi connectivity index (χ0v) is 8.95. The van der Waals surface area contributed by atoms with E-state index in [1.807, 2.05) is 6.92 Å². The molecule has 0 rings (SSSR count). The summed E-state index contributed by atoms with van der Waals surface area (Å²) in [7, 11) is -0.944. The van der Waals surface area contributed by atoms with E-state index in [1.54, 1.807) is 6.92 Å². The predicted molar refractivity (Wildman–Crippen MR) is 52.7 cm³/mol. The Hall–Kier alpha value is -0.180. The number of carbonyl (C=O) groups excluding carboxylic acids is 1. The van der Waals surface area contributed by atoms with Gasteiger partial charge >= 0.3 is 0 Å². The van der Waals surface area contributed by atoms with E-state index in [4.69, 9.17) is 0 Å². The van der Waals surface area contributed by atoms with E-state index in [0.29, 0.717) is 12.2 Å². The molecule has 0 heterocycles. The van der Waals surface area contributed by atoms with Gasteiger partial charge in [-0.05, 0) is 13.3 Å². The molecule has 0 bridgehead atoms. The number of hydrogen-bond donors (Lipinski definition) is 0. The second kappa shape index (κ2) is 6.35. The molecule has 2 nitrogen and oxygen atoms in total. The number of Topliss-reactive ketones (excluding diaryl/α,β-unsaturated/α-hetero) is 1. The third-order valence-electron chi connectivity index (χ3n) is 1.90. The van der Waals surface area contributed by atoms with Crippen molar-refractivity contribution in [3.05, 3.63) is 0 Å². The van der Waals surface area contributed by atoms with Crippen LogP contribution in [0.3, 0.4) is 0 Å². The van der Waals surface area contributed by atoms with Gasteiger partial charge in [-0.25, -0.2) is 0 Å². The first-order valence-corrected chi connectivity index (χ1v) is 5.91. The third-order valence-corrected chi connectivity index (χ3v) is 3.64. The normalized spacial score (nSPS) is 15.6. The molecule has 0 aromatic rings. The lowest BCUT2D eigenvalue weighted by molar-refractivity contribution is -0.118. The van der Waals surface area contributed by atoms with Gasteiger partial charge in [0.15, 0.2) is 0 Å². The maximum absolute atomic E-state index is 11.4. The maximum atomic E-state index is 11.4. The second-order valence-corrected chi connectivity index (χ2v) is 4.78. The van der Waals surface area contributed by atoms with Crippen molar-refractivity contribution in [2.45, 2.75) is 45.3 Å². The van der Waals surface area contributed by atoms with Gasteiger partial charge in [0.05, 0.1) is 5.25 Å². The van der Waals surface area contributed by atoms with Crippen molar-refractivity contribution in [2.24, 2.45) is 0 Å². The van der Waals surface area contributed by atoms with E-state index in [2.05, 4.69) is 6.92 Å². The van der Waals surface area contributed by atoms with Gasteiger partial charge < -0.3 is 0 Å². The van der Waals surface area contributed by atoms with Gasteiger partial charge in [0.1, 0.15) is 5.78 Å². The monoisotopic (exact) mass is 190 g/mol. The van der Waals surface area contributed by atoms with Gasteiger partial charge in [-0.1, -0.05) is 20.3 Å². The molecule has 0 aromatic heterocycles. The Balaban J connectivity index is 3.84. The van der Waals surface area contributed by atoms with E-state index in [0.717, 1.165) is 12.8 Å². The Bertz CT molecular complexity index is 166. The molecule has 0 fully saturated rings. The largest absolute Gasteiger partial charge is 0.298 e. The van der Waals surface area contributed by atoms with Crippen molar-refractivity contribution < 1.29 is 9.00 Å². The van der Waals surface area contributed by atoms with Crippen LogP contribution in [-0.2, 0) is 15.6 Å². The average molecular weight is 190 g/mol. The molecular weight excluding hydrogens is 172 g/mol. The van der Waals surface area contributed by atoms with Crippen LogP contribution in [0.1, 0.15) is 40.0 Å². The van der Waals surface area contributed by atoms with Crippen molar-refractivity contribution in [3.8, 4) is 0 Å². The summed E-state index contributed by atoms with van der Waals surface area (Å²) >= 11 is 0. The predicted octanol–water partition coefficient (Wildman–Crippen LogP) is 1.90. The fourth-order valence-electron chi connectivity index (χ4n) is 0.897. The lowest BCUT2D eigenvalue weighted by Gasteiger charge is -2.07. The molecule has 0 saturated carbocycles. The van der Waals surface area contributed by atoms with Crippen LogP contribution >= 0.6 is 0 Å². The van der Waals surface area contributed by atoms with Gasteiger partial charge in [0.25, 0.3) is 0 Å². The highest BCUT2D eigenvalue weighted by molar-refractivity contribution is 7.86. The lowest BCUT2D eigenvalue weighted by atomic mass is 10.2. The molecule has 2 unspecified atom stereocenters. The van der Waals surface area contributed by atoms with Crippen LogP contribution in [0.15, 0.2) is 0 Å². The molecule has 0 aromatic carbocycles. The number of hydrogen-bond acceptors (Lipinski definition) is 2. The smallest absolute Gasteiger partial charge is 0.147 e. The van der Waals surface area contributed by atoms with Gasteiger partial charge in [-0.2, -0.15) is 0 Å². The number of unbranched alkanes of at least 4 members (excludes halogenated alkanes) is 1. The number of carbonyl (C=O) groups is 1. The Morgan fingerprint density at radius 2 is 2.00 bits per heavy atom. The summed E-state index contributed by atoms with van der Waals surface area (Å²) < 4.78 is 11.4. The van der Waals surface area contributed by atoms with Gasteiger partial charge in [-0.15, -0.1) is 0 Å². The zero-order chi connectivity index (χ0) is 9.56. The fourth-order valence-corrected chi connectivity index (χ4v) is 2.28. The van der Waals surface area contributed by atoms with Crippen molar-refractivity contribution in [1.82, 2.24) is 0 Å². The van der Waals surface area contributed by atoms with Crippen LogP contribution in [0, 0.1) is 0 Å². The molecule has 12 heavy (non-hydrogen) atoms. The van der Waals surface area contributed by atoms with Gasteiger partial charge in [-0.3, -0.25) is 9.00 Å². The van der Waals surface area contributed by atoms with Crippen molar-refractivity contribution in [3.63, 3.8) is 0 Å². The molecular formula is C9H18O2S. The van der Waals surface area contributed by atoms with Crippen LogP contribution < -0.4 is 0 Å². The summed E-state index contributed by atoms with van der Waals surface area (Å²) in [5.74, 6) is 0.785. The Labute approximate surface area is 77.2 Å². The van der Waals surface area contributed by atoms with Crippen molar-refractivity contribution >= 4 is 16.6 Å². The van der Waals surface area contributed by atoms with Crippen LogP contribution in [0.5, 0.6) is 0 Å². The zero-order valence-electron chi connectivity index (χ0n) is 8.13. The van der Waals surface area contributed by atoms with Crippen molar-refractivity contribution in [1.29, 1.82) is 0 Å². The topological polar surface area (TPSA) is 34.1 Å². The van der Waals surface area contributed by atoms with Crippen LogP contribution in [-0.4, -0.2) is 21.0 Å². The Morgan fingerprint density at radius 3 is 2.42 bits per heavy atom. The molecule has 0 radical (unpaired) electrons. The highest BCUT2D eigenvalue weighted by Crippen LogP contribution is 2.03. The van der Waals surface area contributed by atoms with Crippen molar-refractivity contribution in [2.75, 3.05) is 5.75 Å². The van der Waals surface area contributed by atoms with E-state index < -0.39 is 10.8 Å². The minimum absolute atomic E-state index is 0.115.